The van der Waals surface area contributed by atoms with Crippen LogP contribution < -0.4 is 9.47 Å². The van der Waals surface area contributed by atoms with E-state index < -0.39 is 11.8 Å². The molecule has 132 valence electrons. The quantitative estimate of drug-likeness (QED) is 0.431. The summed E-state index contributed by atoms with van der Waals surface area (Å²) in [5.74, 6) is -0.346. The molecule has 0 aliphatic heterocycles. The average molecular weight is 344 g/mol. The normalized spacial score (nSPS) is 11.2. The lowest BCUT2D eigenvalue weighted by Gasteiger charge is -2.11. The minimum absolute atomic E-state index is 0.0738. The molecule has 0 aliphatic carbocycles. The Morgan fingerprint density at radius 1 is 1.16 bits per heavy atom. The summed E-state index contributed by atoms with van der Waals surface area (Å²) in [6.45, 7) is 2.63. The van der Waals surface area contributed by atoms with Gasteiger partial charge in [-0.05, 0) is 47.9 Å². The minimum atomic E-state index is -1.09. The van der Waals surface area contributed by atoms with E-state index in [-0.39, 0.29) is 5.57 Å². The molecule has 0 saturated heterocycles. The van der Waals surface area contributed by atoms with E-state index in [1.807, 2.05) is 0 Å². The lowest BCUT2D eigenvalue weighted by atomic mass is 10.0. The standard InChI is InChI=1S/C20H21FO4/c1-3-4-11-25-19-13-14(5-10-18(19)24-2)12-17(20(22)23)15-6-8-16(21)9-7-15/h5-10,12-13H,3-4,11H2,1-2H3,(H,22,23)/b17-12-. The third-order valence-electron chi connectivity index (χ3n) is 3.64. The van der Waals surface area contributed by atoms with Gasteiger partial charge in [0, 0.05) is 0 Å². The maximum Gasteiger partial charge on any atom is 0.336 e. The van der Waals surface area contributed by atoms with Gasteiger partial charge in [0.15, 0.2) is 11.5 Å². The Morgan fingerprint density at radius 3 is 2.48 bits per heavy atom. The first-order valence-electron chi connectivity index (χ1n) is 8.07. The maximum absolute atomic E-state index is 13.1. The van der Waals surface area contributed by atoms with E-state index >= 15 is 0 Å². The summed E-state index contributed by atoms with van der Waals surface area (Å²) >= 11 is 0. The van der Waals surface area contributed by atoms with Gasteiger partial charge in [0.05, 0.1) is 19.3 Å². The maximum atomic E-state index is 13.1. The number of carboxylic acid groups (broad SMARTS) is 1. The molecule has 0 saturated carbocycles. The number of methoxy groups -OCH3 is 1. The molecule has 0 amide bonds. The highest BCUT2D eigenvalue weighted by molar-refractivity contribution is 6.20. The van der Waals surface area contributed by atoms with Crippen LogP contribution in [0.15, 0.2) is 42.5 Å². The molecule has 0 heterocycles. The van der Waals surface area contributed by atoms with Crippen LogP contribution in [0, 0.1) is 5.82 Å². The Hall–Kier alpha value is -2.82. The molecule has 2 aromatic carbocycles. The van der Waals surface area contributed by atoms with Crippen LogP contribution in [0.2, 0.25) is 0 Å². The Balaban J connectivity index is 2.37. The molecule has 2 aromatic rings. The van der Waals surface area contributed by atoms with Crippen LogP contribution >= 0.6 is 0 Å². The molecule has 0 atom stereocenters. The zero-order valence-electron chi connectivity index (χ0n) is 14.3. The summed E-state index contributed by atoms with van der Waals surface area (Å²) in [7, 11) is 1.55. The molecule has 4 nitrogen and oxygen atoms in total. The van der Waals surface area contributed by atoms with E-state index in [0.29, 0.717) is 29.2 Å². The number of rotatable bonds is 8. The second kappa shape index (κ2) is 8.87. The van der Waals surface area contributed by atoms with Gasteiger partial charge in [-0.3, -0.25) is 0 Å². The fraction of sp³-hybridized carbons (Fsp3) is 0.250. The van der Waals surface area contributed by atoms with Gasteiger partial charge in [-0.15, -0.1) is 0 Å². The SMILES string of the molecule is CCCCOc1cc(/C=C(\C(=O)O)c2ccc(F)cc2)ccc1OC. The fourth-order valence-corrected chi connectivity index (χ4v) is 2.29. The first-order valence-corrected chi connectivity index (χ1v) is 8.07. The number of ether oxygens (including phenoxy) is 2. The predicted molar refractivity (Wildman–Crippen MR) is 95.3 cm³/mol. The lowest BCUT2D eigenvalue weighted by Crippen LogP contribution is -2.01. The van der Waals surface area contributed by atoms with Crippen molar-refractivity contribution in [2.45, 2.75) is 19.8 Å². The monoisotopic (exact) mass is 344 g/mol. The van der Waals surface area contributed by atoms with E-state index in [0.717, 1.165) is 12.8 Å². The summed E-state index contributed by atoms with van der Waals surface area (Å²) < 4.78 is 24.1. The number of carboxylic acids is 1. The smallest absolute Gasteiger partial charge is 0.336 e. The number of carbonyl (C=O) groups is 1. The van der Waals surface area contributed by atoms with Crippen LogP contribution in [0.4, 0.5) is 4.39 Å². The number of unbranched alkanes of at least 4 members (excludes halogenated alkanes) is 1. The van der Waals surface area contributed by atoms with E-state index in [4.69, 9.17) is 9.47 Å². The van der Waals surface area contributed by atoms with Gasteiger partial charge in [-0.2, -0.15) is 0 Å². The van der Waals surface area contributed by atoms with Gasteiger partial charge in [0.2, 0.25) is 0 Å². The fourth-order valence-electron chi connectivity index (χ4n) is 2.29. The highest BCUT2D eigenvalue weighted by atomic mass is 19.1. The molecule has 0 aromatic heterocycles. The second-order valence-corrected chi connectivity index (χ2v) is 5.48. The number of halogens is 1. The van der Waals surface area contributed by atoms with Crippen LogP contribution in [0.5, 0.6) is 11.5 Å². The molecule has 0 aliphatic rings. The van der Waals surface area contributed by atoms with Crippen LogP contribution in [-0.4, -0.2) is 24.8 Å². The second-order valence-electron chi connectivity index (χ2n) is 5.48. The van der Waals surface area contributed by atoms with Crippen LogP contribution in [0.25, 0.3) is 11.6 Å². The Labute approximate surface area is 146 Å². The molecular weight excluding hydrogens is 323 g/mol. The van der Waals surface area contributed by atoms with E-state index in [1.54, 1.807) is 25.3 Å². The Kier molecular flexibility index (Phi) is 6.57. The highest BCUT2D eigenvalue weighted by Crippen LogP contribution is 2.30. The third-order valence-corrected chi connectivity index (χ3v) is 3.64. The Morgan fingerprint density at radius 2 is 1.88 bits per heavy atom. The first kappa shape index (κ1) is 18.5. The Bertz CT molecular complexity index is 751. The van der Waals surface area contributed by atoms with Crippen molar-refractivity contribution >= 4 is 17.6 Å². The predicted octanol–water partition coefficient (Wildman–Crippen LogP) is 4.64. The molecule has 1 N–H and O–H groups in total. The minimum Gasteiger partial charge on any atom is -0.493 e. The van der Waals surface area contributed by atoms with E-state index in [2.05, 4.69) is 6.92 Å². The van der Waals surface area contributed by atoms with Crippen LogP contribution in [0.3, 0.4) is 0 Å². The average Bonchev–Trinajstić information content (AvgIpc) is 2.61. The molecule has 2 rings (SSSR count). The lowest BCUT2D eigenvalue weighted by molar-refractivity contribution is -0.130. The van der Waals surface area contributed by atoms with Crippen molar-refractivity contribution in [1.29, 1.82) is 0 Å². The number of benzene rings is 2. The van der Waals surface area contributed by atoms with Crippen LogP contribution in [0.1, 0.15) is 30.9 Å². The van der Waals surface area contributed by atoms with E-state index in [1.165, 1.54) is 30.3 Å². The van der Waals surface area contributed by atoms with Gasteiger partial charge in [-0.1, -0.05) is 31.5 Å². The summed E-state index contributed by atoms with van der Waals surface area (Å²) in [6, 6.07) is 10.6. The number of hydrogen-bond donors (Lipinski definition) is 1. The molecule has 5 heteroatoms. The van der Waals surface area contributed by atoms with Gasteiger partial charge < -0.3 is 14.6 Å². The zero-order valence-corrected chi connectivity index (χ0v) is 14.3. The molecule has 0 unspecified atom stereocenters. The summed E-state index contributed by atoms with van der Waals surface area (Å²) in [4.78, 5) is 11.6. The van der Waals surface area contributed by atoms with Crippen molar-refractivity contribution in [1.82, 2.24) is 0 Å². The topological polar surface area (TPSA) is 55.8 Å². The van der Waals surface area contributed by atoms with Gasteiger partial charge in [-0.25, -0.2) is 9.18 Å². The summed E-state index contributed by atoms with van der Waals surface area (Å²) in [5, 5.41) is 9.48. The van der Waals surface area contributed by atoms with Crippen molar-refractivity contribution in [2.75, 3.05) is 13.7 Å². The van der Waals surface area contributed by atoms with Crippen LogP contribution in [-0.2, 0) is 4.79 Å². The van der Waals surface area contributed by atoms with Crippen molar-refractivity contribution in [2.24, 2.45) is 0 Å². The molecule has 0 spiro atoms. The van der Waals surface area contributed by atoms with Crippen molar-refractivity contribution < 1.29 is 23.8 Å². The van der Waals surface area contributed by atoms with Crippen molar-refractivity contribution in [3.05, 3.63) is 59.4 Å². The van der Waals surface area contributed by atoms with E-state index in [9.17, 15) is 14.3 Å². The molecular formula is C20H21FO4. The summed E-state index contributed by atoms with van der Waals surface area (Å²) in [6.07, 6.45) is 3.45. The van der Waals surface area contributed by atoms with Gasteiger partial charge in [0.25, 0.3) is 0 Å². The van der Waals surface area contributed by atoms with Gasteiger partial charge in [0.1, 0.15) is 5.82 Å². The van der Waals surface area contributed by atoms with Crippen molar-refractivity contribution in [3.8, 4) is 11.5 Å². The first-order chi connectivity index (χ1) is 12.0. The largest absolute Gasteiger partial charge is 0.493 e. The number of aliphatic carboxylic acids is 1. The molecule has 0 bridgehead atoms. The summed E-state index contributed by atoms with van der Waals surface area (Å²) in [5.41, 5.74) is 1.16. The zero-order chi connectivity index (χ0) is 18.2. The van der Waals surface area contributed by atoms with Gasteiger partial charge >= 0.3 is 5.97 Å². The van der Waals surface area contributed by atoms with Crippen molar-refractivity contribution in [3.63, 3.8) is 0 Å². The molecule has 0 fully saturated rings. The third kappa shape index (κ3) is 5.08. The molecule has 0 radical (unpaired) electrons. The highest BCUT2D eigenvalue weighted by Gasteiger charge is 2.12. The molecule has 25 heavy (non-hydrogen) atoms. The number of hydrogen-bond acceptors (Lipinski definition) is 3.